The topological polar surface area (TPSA) is 120 Å². The van der Waals surface area contributed by atoms with E-state index in [0.29, 0.717) is 23.4 Å². The molecule has 0 saturated carbocycles. The average Bonchev–Trinajstić information content (AvgIpc) is 2.76. The van der Waals surface area contributed by atoms with Crippen molar-refractivity contribution in [1.29, 1.82) is 0 Å². The van der Waals surface area contributed by atoms with Crippen molar-refractivity contribution in [3.05, 3.63) is 87.5 Å². The first-order valence-corrected chi connectivity index (χ1v) is 9.84. The Kier molecular flexibility index (Phi) is 6.55. The number of pyridine rings is 1. The van der Waals surface area contributed by atoms with Crippen molar-refractivity contribution in [3.63, 3.8) is 0 Å². The fourth-order valence-electron chi connectivity index (χ4n) is 3.51. The van der Waals surface area contributed by atoms with Gasteiger partial charge in [-0.2, -0.15) is 0 Å². The van der Waals surface area contributed by atoms with Crippen molar-refractivity contribution in [2.24, 2.45) is 0 Å². The molecule has 8 heteroatoms. The number of aliphatic hydroxyl groups excluding tert-OH is 1. The Hall–Kier alpha value is -3.78. The molecule has 0 fully saturated rings. The zero-order valence-electron chi connectivity index (χ0n) is 17.8. The van der Waals surface area contributed by atoms with Crippen LogP contribution in [-0.4, -0.2) is 32.2 Å². The minimum absolute atomic E-state index is 0.0616. The number of halogens is 1. The fraction of sp³-hybridized carbons (Fsp3) is 0.208. The van der Waals surface area contributed by atoms with Crippen LogP contribution in [0.15, 0.2) is 42.5 Å². The third-order valence-corrected chi connectivity index (χ3v) is 5.46. The largest absolute Gasteiger partial charge is 0.506 e. The van der Waals surface area contributed by atoms with E-state index in [-0.39, 0.29) is 11.4 Å². The van der Waals surface area contributed by atoms with Gasteiger partial charge in [0.05, 0.1) is 0 Å². The molecule has 0 radical (unpaired) electrons. The average molecular weight is 438 g/mol. The number of nitrogens with zero attached hydrogens (tertiary/aromatic N) is 1. The Bertz CT molecular complexity index is 1190. The van der Waals surface area contributed by atoms with Gasteiger partial charge in [0.25, 0.3) is 0 Å². The maximum absolute atomic E-state index is 13.2. The lowest BCUT2D eigenvalue weighted by molar-refractivity contribution is -0.147. The molecule has 0 aliphatic carbocycles. The zero-order chi connectivity index (χ0) is 23.6. The van der Waals surface area contributed by atoms with E-state index >= 15 is 0 Å². The van der Waals surface area contributed by atoms with Gasteiger partial charge < -0.3 is 20.6 Å². The number of carbonyl (C=O) groups is 2. The van der Waals surface area contributed by atoms with E-state index in [0.717, 1.165) is 22.3 Å². The number of anilines is 1. The number of hydrogen-bond donors (Lipinski definition) is 4. The van der Waals surface area contributed by atoms with Crippen molar-refractivity contribution >= 4 is 17.6 Å². The molecule has 0 spiro atoms. The smallest absolute Gasteiger partial charge is 0.394 e. The molecular formula is C24H23FN2O5. The number of aryl methyl sites for hydroxylation is 1. The third kappa shape index (κ3) is 4.76. The van der Waals surface area contributed by atoms with Gasteiger partial charge >= 0.3 is 11.9 Å². The number of benzene rings is 2. The number of carboxylic acid groups (broad SMARTS) is 1. The van der Waals surface area contributed by atoms with Crippen molar-refractivity contribution in [1.82, 2.24) is 4.98 Å². The van der Waals surface area contributed by atoms with E-state index in [1.807, 2.05) is 13.8 Å². The molecule has 32 heavy (non-hydrogen) atoms. The van der Waals surface area contributed by atoms with Gasteiger partial charge in [-0.15, -0.1) is 0 Å². The minimum atomic E-state index is -1.57. The fourth-order valence-corrected chi connectivity index (χ4v) is 3.51. The number of aromatic hydroxyl groups is 1. The van der Waals surface area contributed by atoms with E-state index in [2.05, 4.69) is 10.3 Å². The maximum atomic E-state index is 13.2. The lowest BCUT2D eigenvalue weighted by atomic mass is 9.93. The third-order valence-electron chi connectivity index (χ3n) is 5.46. The number of aliphatic carboxylic acids is 1. The number of rotatable bonds is 5. The summed E-state index contributed by atoms with van der Waals surface area (Å²) in [7, 11) is 0. The quantitative estimate of drug-likeness (QED) is 0.452. The highest BCUT2D eigenvalue weighted by molar-refractivity contribution is 6.36. The van der Waals surface area contributed by atoms with Crippen molar-refractivity contribution in [2.75, 3.05) is 5.32 Å². The second-order valence-corrected chi connectivity index (χ2v) is 7.57. The first-order valence-electron chi connectivity index (χ1n) is 9.84. The summed E-state index contributed by atoms with van der Waals surface area (Å²) in [4.78, 5) is 26.8. The standard InChI is InChI=1S/C24H23FN2O5/c1-12-10-19(27-23(30)24(31)32)14(3)13(2)18(12)11-17-8-9-20(28)21(26-17)22(29)15-4-6-16(25)7-5-15/h4-10,22,28-29H,11H2,1-3H3,(H,27,30)(H,31,32). The molecule has 166 valence electrons. The van der Waals surface area contributed by atoms with Crippen LogP contribution in [-0.2, 0) is 16.0 Å². The molecule has 0 aliphatic heterocycles. The molecule has 0 aliphatic rings. The molecule has 7 nitrogen and oxygen atoms in total. The van der Waals surface area contributed by atoms with Crippen LogP contribution in [0.5, 0.6) is 5.75 Å². The Labute approximate surface area is 184 Å². The van der Waals surface area contributed by atoms with Gasteiger partial charge in [0.2, 0.25) is 0 Å². The second kappa shape index (κ2) is 9.15. The number of nitrogens with one attached hydrogen (secondary N) is 1. The van der Waals surface area contributed by atoms with Crippen LogP contribution in [0.3, 0.4) is 0 Å². The van der Waals surface area contributed by atoms with Crippen LogP contribution < -0.4 is 5.32 Å². The summed E-state index contributed by atoms with van der Waals surface area (Å²) in [5, 5.41) is 32.1. The van der Waals surface area contributed by atoms with E-state index in [1.165, 1.54) is 30.3 Å². The summed E-state index contributed by atoms with van der Waals surface area (Å²) < 4.78 is 13.2. The predicted octanol–water partition coefficient (Wildman–Crippen LogP) is 3.55. The highest BCUT2D eigenvalue weighted by Gasteiger charge is 2.19. The van der Waals surface area contributed by atoms with Gasteiger partial charge in [0, 0.05) is 17.8 Å². The van der Waals surface area contributed by atoms with Gasteiger partial charge in [-0.25, -0.2) is 9.18 Å². The van der Waals surface area contributed by atoms with Crippen LogP contribution in [0.25, 0.3) is 0 Å². The van der Waals surface area contributed by atoms with E-state index in [9.17, 15) is 24.2 Å². The predicted molar refractivity (Wildman–Crippen MR) is 116 cm³/mol. The van der Waals surface area contributed by atoms with Crippen molar-refractivity contribution < 1.29 is 29.3 Å². The number of aromatic nitrogens is 1. The number of carboxylic acids is 1. The first kappa shape index (κ1) is 22.9. The van der Waals surface area contributed by atoms with Gasteiger partial charge in [-0.3, -0.25) is 9.78 Å². The number of carbonyl (C=O) groups excluding carboxylic acids is 1. The molecule has 1 unspecified atom stereocenters. The molecule has 0 bridgehead atoms. The Morgan fingerprint density at radius 3 is 2.34 bits per heavy atom. The van der Waals surface area contributed by atoms with Gasteiger partial charge in [-0.05, 0) is 78.9 Å². The monoisotopic (exact) mass is 438 g/mol. The summed E-state index contributed by atoms with van der Waals surface area (Å²) in [6.07, 6.45) is -0.845. The molecule has 0 saturated heterocycles. The number of amides is 1. The summed E-state index contributed by atoms with van der Waals surface area (Å²) in [5.74, 6) is -3.29. The molecule has 1 atom stereocenters. The zero-order valence-corrected chi connectivity index (χ0v) is 17.8. The number of aliphatic hydroxyl groups is 1. The molecular weight excluding hydrogens is 415 g/mol. The van der Waals surface area contributed by atoms with E-state index in [1.54, 1.807) is 19.1 Å². The molecule has 1 amide bonds. The van der Waals surface area contributed by atoms with Crippen LogP contribution >= 0.6 is 0 Å². The lowest BCUT2D eigenvalue weighted by Gasteiger charge is -2.18. The Balaban J connectivity index is 1.93. The van der Waals surface area contributed by atoms with E-state index in [4.69, 9.17) is 5.11 Å². The van der Waals surface area contributed by atoms with Crippen LogP contribution in [0, 0.1) is 26.6 Å². The normalized spacial score (nSPS) is 11.8. The Morgan fingerprint density at radius 2 is 1.72 bits per heavy atom. The van der Waals surface area contributed by atoms with Crippen LogP contribution in [0.2, 0.25) is 0 Å². The van der Waals surface area contributed by atoms with Crippen LogP contribution in [0.1, 0.15) is 45.3 Å². The SMILES string of the molecule is Cc1cc(NC(=O)C(=O)O)c(C)c(C)c1Cc1ccc(O)c(C(O)c2ccc(F)cc2)n1. The summed E-state index contributed by atoms with van der Waals surface area (Å²) >= 11 is 0. The maximum Gasteiger partial charge on any atom is 0.394 e. The second-order valence-electron chi connectivity index (χ2n) is 7.57. The molecule has 2 aromatic carbocycles. The van der Waals surface area contributed by atoms with Crippen molar-refractivity contribution in [2.45, 2.75) is 33.3 Å². The summed E-state index contributed by atoms with van der Waals surface area (Å²) in [5.41, 5.74) is 4.81. The van der Waals surface area contributed by atoms with Crippen LogP contribution in [0.4, 0.5) is 10.1 Å². The van der Waals surface area contributed by atoms with Gasteiger partial charge in [0.15, 0.2) is 0 Å². The number of hydrogen-bond acceptors (Lipinski definition) is 5. The molecule has 3 aromatic rings. The molecule has 4 N–H and O–H groups in total. The highest BCUT2D eigenvalue weighted by atomic mass is 19.1. The molecule has 1 heterocycles. The molecule has 3 rings (SSSR count). The summed E-state index contributed by atoms with van der Waals surface area (Å²) in [6, 6.07) is 10.1. The Morgan fingerprint density at radius 1 is 1.06 bits per heavy atom. The molecule has 1 aromatic heterocycles. The minimum Gasteiger partial charge on any atom is -0.506 e. The first-order chi connectivity index (χ1) is 15.1. The lowest BCUT2D eigenvalue weighted by Crippen LogP contribution is -2.22. The highest BCUT2D eigenvalue weighted by Crippen LogP contribution is 2.31. The van der Waals surface area contributed by atoms with Gasteiger partial charge in [0.1, 0.15) is 23.4 Å². The summed E-state index contributed by atoms with van der Waals surface area (Å²) in [6.45, 7) is 5.49. The van der Waals surface area contributed by atoms with Gasteiger partial charge in [-0.1, -0.05) is 12.1 Å². The van der Waals surface area contributed by atoms with Crippen molar-refractivity contribution in [3.8, 4) is 5.75 Å². The van der Waals surface area contributed by atoms with E-state index < -0.39 is 23.8 Å².